The summed E-state index contributed by atoms with van der Waals surface area (Å²) in [4.78, 5) is 26.6. The molecule has 8 nitrogen and oxygen atoms in total. The lowest BCUT2D eigenvalue weighted by Crippen LogP contribution is -2.54. The fraction of sp³-hybridized carbons (Fsp3) is 0.389. The van der Waals surface area contributed by atoms with Crippen molar-refractivity contribution < 1.29 is 18.8 Å². The Hall–Kier alpha value is -2.58. The number of piperazine rings is 1. The molecule has 0 unspecified atom stereocenters. The van der Waals surface area contributed by atoms with Crippen LogP contribution in [0.3, 0.4) is 0 Å². The lowest BCUT2D eigenvalue weighted by Gasteiger charge is -2.31. The van der Waals surface area contributed by atoms with Crippen LogP contribution in [0.25, 0.3) is 11.3 Å². The van der Waals surface area contributed by atoms with Gasteiger partial charge in [0.05, 0.1) is 13.2 Å². The van der Waals surface area contributed by atoms with Gasteiger partial charge in [-0.15, -0.1) is 0 Å². The van der Waals surface area contributed by atoms with Crippen molar-refractivity contribution in [2.24, 2.45) is 0 Å². The highest BCUT2D eigenvalue weighted by Gasteiger charge is 2.32. The number of hydrogen-bond acceptors (Lipinski definition) is 6. The van der Waals surface area contributed by atoms with Crippen LogP contribution in [0.5, 0.6) is 0 Å². The maximum atomic E-state index is 13.2. The molecule has 1 saturated heterocycles. The molecule has 2 aromatic rings. The van der Waals surface area contributed by atoms with Crippen molar-refractivity contribution in [3.8, 4) is 11.3 Å². The summed E-state index contributed by atoms with van der Waals surface area (Å²) in [6.07, 6.45) is 0. The van der Waals surface area contributed by atoms with Crippen LogP contribution in [0, 0.1) is 0 Å². The first-order valence-electron chi connectivity index (χ1n) is 8.56. The van der Waals surface area contributed by atoms with Gasteiger partial charge in [-0.1, -0.05) is 16.8 Å². The largest absolute Gasteiger partial charge is 0.383 e. The quantitative estimate of drug-likeness (QED) is 0.730. The Morgan fingerprint density at radius 1 is 1.44 bits per heavy atom. The molecule has 1 aromatic heterocycles. The van der Waals surface area contributed by atoms with E-state index in [1.807, 2.05) is 6.92 Å². The molecule has 0 bridgehead atoms. The van der Waals surface area contributed by atoms with Crippen molar-refractivity contribution in [1.82, 2.24) is 15.4 Å². The Morgan fingerprint density at radius 2 is 2.19 bits per heavy atom. The van der Waals surface area contributed by atoms with Gasteiger partial charge in [0.15, 0.2) is 11.6 Å². The van der Waals surface area contributed by atoms with E-state index >= 15 is 0 Å². The third kappa shape index (κ3) is 4.40. The number of methoxy groups -OCH3 is 1. The number of anilines is 1. The van der Waals surface area contributed by atoms with E-state index in [9.17, 15) is 9.59 Å². The number of nitrogens with one attached hydrogen (secondary N) is 2. The molecule has 0 aliphatic carbocycles. The van der Waals surface area contributed by atoms with Gasteiger partial charge in [-0.05, 0) is 31.2 Å². The van der Waals surface area contributed by atoms with E-state index in [1.54, 1.807) is 31.4 Å². The number of carbonyl (C=O) groups is 2. The molecule has 1 aliphatic rings. The summed E-state index contributed by atoms with van der Waals surface area (Å²) in [5, 5.41) is 10.4. The molecule has 0 spiro atoms. The van der Waals surface area contributed by atoms with Gasteiger partial charge in [-0.2, -0.15) is 0 Å². The zero-order chi connectivity index (χ0) is 19.4. The first-order valence-corrected chi connectivity index (χ1v) is 8.94. The minimum Gasteiger partial charge on any atom is -0.383 e. The Labute approximate surface area is 161 Å². The van der Waals surface area contributed by atoms with Crippen LogP contribution >= 0.6 is 11.6 Å². The van der Waals surface area contributed by atoms with E-state index in [2.05, 4.69) is 15.8 Å². The molecule has 3 rings (SSSR count). The van der Waals surface area contributed by atoms with E-state index in [-0.39, 0.29) is 30.0 Å². The first kappa shape index (κ1) is 19.2. The number of carbonyl (C=O) groups excluding carboxylic acids is 2. The second-order valence-electron chi connectivity index (χ2n) is 6.32. The Bertz CT molecular complexity index is 821. The number of hydrogen-bond donors (Lipinski definition) is 2. The highest BCUT2D eigenvalue weighted by molar-refractivity contribution is 6.30. The molecule has 2 heterocycles. The van der Waals surface area contributed by atoms with Crippen molar-refractivity contribution in [3.63, 3.8) is 0 Å². The number of rotatable bonds is 6. The van der Waals surface area contributed by atoms with Gasteiger partial charge in [0.2, 0.25) is 5.91 Å². The summed E-state index contributed by atoms with van der Waals surface area (Å²) < 4.78 is 10.5. The maximum absolute atomic E-state index is 13.2. The van der Waals surface area contributed by atoms with Crippen LogP contribution in [-0.2, 0) is 9.53 Å². The van der Waals surface area contributed by atoms with Gasteiger partial charge >= 0.3 is 0 Å². The van der Waals surface area contributed by atoms with E-state index in [0.717, 1.165) is 0 Å². The number of amides is 2. The van der Waals surface area contributed by atoms with Crippen LogP contribution in [0.1, 0.15) is 17.3 Å². The summed E-state index contributed by atoms with van der Waals surface area (Å²) in [6, 6.07) is 6.80. The SMILES string of the molecule is COCCNc1noc(-c2ccc(Cl)cc2)c1C(=O)N1CC(=O)N[C@@H](C)C1. The van der Waals surface area contributed by atoms with Crippen molar-refractivity contribution in [3.05, 3.63) is 34.9 Å². The van der Waals surface area contributed by atoms with E-state index < -0.39 is 0 Å². The fourth-order valence-corrected chi connectivity index (χ4v) is 3.05. The van der Waals surface area contributed by atoms with E-state index in [4.69, 9.17) is 20.9 Å². The summed E-state index contributed by atoms with van der Waals surface area (Å²) in [5.41, 5.74) is 0.958. The van der Waals surface area contributed by atoms with Gasteiger partial charge in [-0.25, -0.2) is 0 Å². The molecule has 1 aromatic carbocycles. The van der Waals surface area contributed by atoms with Crippen molar-refractivity contribution >= 4 is 29.2 Å². The molecule has 144 valence electrons. The molecule has 27 heavy (non-hydrogen) atoms. The third-order valence-corrected chi connectivity index (χ3v) is 4.39. The highest BCUT2D eigenvalue weighted by Crippen LogP contribution is 2.31. The molecular weight excluding hydrogens is 372 g/mol. The van der Waals surface area contributed by atoms with Crippen molar-refractivity contribution in [2.75, 3.05) is 38.7 Å². The van der Waals surface area contributed by atoms with Crippen molar-refractivity contribution in [2.45, 2.75) is 13.0 Å². The summed E-state index contributed by atoms with van der Waals surface area (Å²) in [6.45, 7) is 3.16. The predicted molar refractivity (Wildman–Crippen MR) is 101 cm³/mol. The normalized spacial score (nSPS) is 16.9. The number of halogens is 1. The smallest absolute Gasteiger partial charge is 0.262 e. The second-order valence-corrected chi connectivity index (χ2v) is 6.75. The van der Waals surface area contributed by atoms with E-state index in [0.29, 0.717) is 41.9 Å². The first-order chi connectivity index (χ1) is 13.0. The average Bonchev–Trinajstić information content (AvgIpc) is 3.05. The number of benzene rings is 1. The lowest BCUT2D eigenvalue weighted by molar-refractivity contribution is -0.124. The molecule has 9 heteroatoms. The van der Waals surface area contributed by atoms with Gasteiger partial charge in [-0.3, -0.25) is 9.59 Å². The topological polar surface area (TPSA) is 96.7 Å². The molecule has 1 atom stereocenters. The number of ether oxygens (including phenoxy) is 1. The molecular formula is C18H21ClN4O4. The molecule has 0 radical (unpaired) electrons. The van der Waals surface area contributed by atoms with Crippen LogP contribution in [0.15, 0.2) is 28.8 Å². The number of nitrogens with zero attached hydrogens (tertiary/aromatic N) is 2. The molecule has 2 amide bonds. The van der Waals surface area contributed by atoms with Crippen LogP contribution in [0.4, 0.5) is 5.82 Å². The van der Waals surface area contributed by atoms with Crippen LogP contribution in [-0.4, -0.2) is 61.3 Å². The van der Waals surface area contributed by atoms with Gasteiger partial charge in [0.1, 0.15) is 5.56 Å². The highest BCUT2D eigenvalue weighted by atomic mass is 35.5. The minimum atomic E-state index is -0.317. The minimum absolute atomic E-state index is 0.00801. The zero-order valence-electron chi connectivity index (χ0n) is 15.1. The fourth-order valence-electron chi connectivity index (χ4n) is 2.93. The van der Waals surface area contributed by atoms with Gasteiger partial charge < -0.3 is 24.8 Å². The lowest BCUT2D eigenvalue weighted by atomic mass is 10.1. The average molecular weight is 393 g/mol. The predicted octanol–water partition coefficient (Wildman–Crippen LogP) is 2.01. The molecule has 1 aliphatic heterocycles. The van der Waals surface area contributed by atoms with Crippen LogP contribution in [0.2, 0.25) is 5.02 Å². The molecule has 2 N–H and O–H groups in total. The Morgan fingerprint density at radius 3 is 2.85 bits per heavy atom. The molecule has 0 saturated carbocycles. The monoisotopic (exact) mass is 392 g/mol. The zero-order valence-corrected chi connectivity index (χ0v) is 15.9. The summed E-state index contributed by atoms with van der Waals surface area (Å²) in [7, 11) is 1.59. The van der Waals surface area contributed by atoms with Gasteiger partial charge in [0.25, 0.3) is 5.91 Å². The Balaban J connectivity index is 1.96. The third-order valence-electron chi connectivity index (χ3n) is 4.13. The second kappa shape index (κ2) is 8.41. The molecule has 1 fully saturated rings. The Kier molecular flexibility index (Phi) is 5.98. The van der Waals surface area contributed by atoms with Crippen molar-refractivity contribution in [1.29, 1.82) is 0 Å². The number of aromatic nitrogens is 1. The van der Waals surface area contributed by atoms with Gasteiger partial charge in [0, 0.05) is 36.8 Å². The summed E-state index contributed by atoms with van der Waals surface area (Å²) in [5.74, 6) is 0.138. The van der Waals surface area contributed by atoms with Crippen LogP contribution < -0.4 is 10.6 Å². The standard InChI is InChI=1S/C18H21ClN4O4/c1-11-9-23(10-14(24)21-11)18(25)15-16(12-3-5-13(19)6-4-12)27-22-17(15)20-7-8-26-2/h3-6,11H,7-10H2,1-2H3,(H,20,22)(H,21,24)/t11-/m0/s1. The van der Waals surface area contributed by atoms with E-state index in [1.165, 1.54) is 4.90 Å². The maximum Gasteiger partial charge on any atom is 0.262 e. The summed E-state index contributed by atoms with van der Waals surface area (Å²) >= 11 is 5.95.